The van der Waals surface area contributed by atoms with Crippen LogP contribution >= 0.6 is 0 Å². The van der Waals surface area contributed by atoms with Gasteiger partial charge < -0.3 is 15.7 Å². The van der Waals surface area contributed by atoms with E-state index in [9.17, 15) is 5.11 Å². The predicted octanol–water partition coefficient (Wildman–Crippen LogP) is 0.487. The average Bonchev–Trinajstić information content (AvgIpc) is 2.09. The summed E-state index contributed by atoms with van der Waals surface area (Å²) in [5.74, 6) is 0. The molecule has 0 bridgehead atoms. The molecule has 3 N–H and O–H groups in total. The van der Waals surface area contributed by atoms with Crippen molar-refractivity contribution in [1.29, 1.82) is 0 Å². The fourth-order valence-corrected chi connectivity index (χ4v) is 2.04. The van der Waals surface area contributed by atoms with E-state index in [1.807, 2.05) is 7.05 Å². The fraction of sp³-hybridized carbons (Fsp3) is 1.00. The molecule has 0 aromatic heterocycles. The third kappa shape index (κ3) is 3.63. The van der Waals surface area contributed by atoms with Gasteiger partial charge in [-0.3, -0.25) is 0 Å². The van der Waals surface area contributed by atoms with Gasteiger partial charge in [-0.25, -0.2) is 0 Å². The van der Waals surface area contributed by atoms with E-state index >= 15 is 0 Å². The van der Waals surface area contributed by atoms with Crippen LogP contribution < -0.4 is 10.6 Å². The van der Waals surface area contributed by atoms with Crippen molar-refractivity contribution in [1.82, 2.24) is 10.6 Å². The maximum Gasteiger partial charge on any atom is 0.0693 e. The van der Waals surface area contributed by atoms with Crippen molar-refractivity contribution in [3.05, 3.63) is 0 Å². The molecule has 3 atom stereocenters. The van der Waals surface area contributed by atoms with Gasteiger partial charge in [0.15, 0.2) is 0 Å². The zero-order chi connectivity index (χ0) is 9.68. The van der Waals surface area contributed by atoms with E-state index in [0.717, 1.165) is 19.4 Å². The lowest BCUT2D eigenvalue weighted by atomic mass is 9.92. The molecule has 13 heavy (non-hydrogen) atoms. The largest absolute Gasteiger partial charge is 0.392 e. The Bertz CT molecular complexity index is 141. The van der Waals surface area contributed by atoms with Crippen molar-refractivity contribution in [3.63, 3.8) is 0 Å². The van der Waals surface area contributed by atoms with Crippen molar-refractivity contribution in [2.75, 3.05) is 13.6 Å². The van der Waals surface area contributed by atoms with Gasteiger partial charge >= 0.3 is 0 Å². The van der Waals surface area contributed by atoms with Gasteiger partial charge in [0.2, 0.25) is 0 Å². The van der Waals surface area contributed by atoms with Gasteiger partial charge in [0, 0.05) is 18.6 Å². The van der Waals surface area contributed by atoms with Gasteiger partial charge in [-0.1, -0.05) is 12.8 Å². The van der Waals surface area contributed by atoms with Gasteiger partial charge in [-0.15, -0.1) is 0 Å². The quantitative estimate of drug-likeness (QED) is 0.598. The van der Waals surface area contributed by atoms with Crippen molar-refractivity contribution in [3.8, 4) is 0 Å². The molecule has 78 valence electrons. The van der Waals surface area contributed by atoms with Crippen LogP contribution in [0.1, 0.15) is 32.6 Å². The van der Waals surface area contributed by atoms with Gasteiger partial charge in [0.05, 0.1) is 6.10 Å². The number of aliphatic hydroxyl groups excluding tert-OH is 1. The van der Waals surface area contributed by atoms with E-state index in [0.29, 0.717) is 12.1 Å². The Kier molecular flexibility index (Phi) is 4.70. The SMILES string of the molecule is CNCC(C)NC1CCCCC1O. The van der Waals surface area contributed by atoms with Gasteiger partial charge in [0.25, 0.3) is 0 Å². The molecule has 1 saturated carbocycles. The highest BCUT2D eigenvalue weighted by Gasteiger charge is 2.23. The fourth-order valence-electron chi connectivity index (χ4n) is 2.04. The zero-order valence-electron chi connectivity index (χ0n) is 8.71. The molecule has 3 nitrogen and oxygen atoms in total. The number of nitrogens with one attached hydrogen (secondary N) is 2. The highest BCUT2D eigenvalue weighted by atomic mass is 16.3. The minimum Gasteiger partial charge on any atom is -0.392 e. The highest BCUT2D eigenvalue weighted by Crippen LogP contribution is 2.18. The molecule has 0 saturated heterocycles. The van der Waals surface area contributed by atoms with Crippen molar-refractivity contribution >= 4 is 0 Å². The lowest BCUT2D eigenvalue weighted by molar-refractivity contribution is 0.0860. The van der Waals surface area contributed by atoms with Crippen LogP contribution in [0.2, 0.25) is 0 Å². The molecule has 0 radical (unpaired) electrons. The molecule has 0 aromatic rings. The first kappa shape index (κ1) is 11.0. The van der Waals surface area contributed by atoms with Gasteiger partial charge in [-0.2, -0.15) is 0 Å². The summed E-state index contributed by atoms with van der Waals surface area (Å²) in [7, 11) is 1.95. The van der Waals surface area contributed by atoms with Gasteiger partial charge in [0.1, 0.15) is 0 Å². The normalized spacial score (nSPS) is 31.6. The predicted molar refractivity (Wildman–Crippen MR) is 54.8 cm³/mol. The Hall–Kier alpha value is -0.120. The average molecular weight is 186 g/mol. The first-order chi connectivity index (χ1) is 6.24. The van der Waals surface area contributed by atoms with E-state index < -0.39 is 0 Å². The summed E-state index contributed by atoms with van der Waals surface area (Å²) in [5.41, 5.74) is 0. The molecule has 3 unspecified atom stereocenters. The first-order valence-electron chi connectivity index (χ1n) is 5.32. The van der Waals surface area contributed by atoms with E-state index in [2.05, 4.69) is 17.6 Å². The van der Waals surface area contributed by atoms with Crippen LogP contribution in [0, 0.1) is 0 Å². The maximum atomic E-state index is 9.70. The van der Waals surface area contributed by atoms with Gasteiger partial charge in [-0.05, 0) is 26.8 Å². The number of likely N-dealkylation sites (N-methyl/N-ethyl adjacent to an activating group) is 1. The van der Waals surface area contributed by atoms with Crippen LogP contribution in [-0.4, -0.2) is 36.9 Å². The van der Waals surface area contributed by atoms with E-state index in [1.165, 1.54) is 12.8 Å². The Labute approximate surface area is 80.9 Å². The lowest BCUT2D eigenvalue weighted by Gasteiger charge is -2.31. The van der Waals surface area contributed by atoms with Crippen LogP contribution in [-0.2, 0) is 0 Å². The molecule has 1 aliphatic rings. The van der Waals surface area contributed by atoms with Crippen LogP contribution in [0.3, 0.4) is 0 Å². The topological polar surface area (TPSA) is 44.3 Å². The Balaban J connectivity index is 2.25. The van der Waals surface area contributed by atoms with Crippen LogP contribution in [0.15, 0.2) is 0 Å². The Morgan fingerprint density at radius 3 is 2.69 bits per heavy atom. The summed E-state index contributed by atoms with van der Waals surface area (Å²) in [6.45, 7) is 3.11. The molecule has 0 aliphatic heterocycles. The number of aliphatic hydroxyl groups is 1. The molecule has 0 heterocycles. The first-order valence-corrected chi connectivity index (χ1v) is 5.32. The second-order valence-electron chi connectivity index (χ2n) is 4.08. The minimum atomic E-state index is -0.131. The number of hydrogen-bond donors (Lipinski definition) is 3. The molecular formula is C10H22N2O. The highest BCUT2D eigenvalue weighted by molar-refractivity contribution is 4.82. The summed E-state index contributed by atoms with van der Waals surface area (Å²) in [5, 5.41) is 16.3. The standard InChI is InChI=1S/C10H22N2O/c1-8(7-11-2)12-9-5-3-4-6-10(9)13/h8-13H,3-7H2,1-2H3. The monoisotopic (exact) mass is 186 g/mol. The molecule has 0 spiro atoms. The van der Waals surface area contributed by atoms with Crippen molar-refractivity contribution in [2.24, 2.45) is 0 Å². The number of rotatable bonds is 4. The second-order valence-corrected chi connectivity index (χ2v) is 4.08. The molecule has 3 heteroatoms. The molecule has 0 amide bonds. The van der Waals surface area contributed by atoms with E-state index in [4.69, 9.17) is 0 Å². The summed E-state index contributed by atoms with van der Waals surface area (Å²) >= 11 is 0. The van der Waals surface area contributed by atoms with Crippen molar-refractivity contribution < 1.29 is 5.11 Å². The third-order valence-electron chi connectivity index (χ3n) is 2.74. The van der Waals surface area contributed by atoms with E-state index in [-0.39, 0.29) is 6.10 Å². The van der Waals surface area contributed by atoms with Crippen LogP contribution in [0.25, 0.3) is 0 Å². The van der Waals surface area contributed by atoms with Crippen LogP contribution in [0.5, 0.6) is 0 Å². The molecule has 1 aliphatic carbocycles. The Morgan fingerprint density at radius 2 is 2.08 bits per heavy atom. The summed E-state index contributed by atoms with van der Waals surface area (Å²) < 4.78 is 0. The number of hydrogen-bond acceptors (Lipinski definition) is 3. The van der Waals surface area contributed by atoms with E-state index in [1.54, 1.807) is 0 Å². The molecular weight excluding hydrogens is 164 g/mol. The minimum absolute atomic E-state index is 0.131. The maximum absolute atomic E-state index is 9.70. The van der Waals surface area contributed by atoms with Crippen molar-refractivity contribution in [2.45, 2.75) is 50.8 Å². The molecule has 1 fully saturated rings. The summed E-state index contributed by atoms with van der Waals surface area (Å²) in [6, 6.07) is 0.764. The smallest absolute Gasteiger partial charge is 0.0693 e. The Morgan fingerprint density at radius 1 is 1.38 bits per heavy atom. The van der Waals surface area contributed by atoms with Crippen LogP contribution in [0.4, 0.5) is 0 Å². The lowest BCUT2D eigenvalue weighted by Crippen LogP contribution is -2.48. The second kappa shape index (κ2) is 5.58. The third-order valence-corrected chi connectivity index (χ3v) is 2.74. The molecule has 0 aromatic carbocycles. The summed E-state index contributed by atoms with van der Waals surface area (Å²) in [6.07, 6.45) is 4.38. The molecule has 1 rings (SSSR count). The summed E-state index contributed by atoms with van der Waals surface area (Å²) in [4.78, 5) is 0. The zero-order valence-corrected chi connectivity index (χ0v) is 8.71.